The molecular weight excluding hydrogens is 256 g/mol. The van der Waals surface area contributed by atoms with Gasteiger partial charge in [0.1, 0.15) is 0 Å². The van der Waals surface area contributed by atoms with Gasteiger partial charge in [-0.15, -0.1) is 0 Å². The Morgan fingerprint density at radius 3 is 2.38 bits per heavy atom. The molecule has 0 aromatic heterocycles. The lowest BCUT2D eigenvalue weighted by Gasteiger charge is -2.40. The van der Waals surface area contributed by atoms with E-state index in [1.165, 1.54) is 57.2 Å². The monoisotopic (exact) mass is 284 g/mol. The highest BCUT2D eigenvalue weighted by Gasteiger charge is 2.32. The maximum absolute atomic E-state index is 3.76. The van der Waals surface area contributed by atoms with Crippen LogP contribution in [0, 0.1) is 5.92 Å². The predicted octanol–water partition coefficient (Wildman–Crippen LogP) is 3.70. The summed E-state index contributed by atoms with van der Waals surface area (Å²) in [7, 11) is 2.31. The van der Waals surface area contributed by atoms with Crippen LogP contribution in [0.1, 0.15) is 61.6 Å². The Bertz CT molecular complexity index is 473. The summed E-state index contributed by atoms with van der Waals surface area (Å²) >= 11 is 0. The average Bonchev–Trinajstić information content (AvgIpc) is 3.39. The van der Waals surface area contributed by atoms with E-state index in [-0.39, 0.29) is 0 Å². The lowest BCUT2D eigenvalue weighted by atomic mass is 9.84. The number of piperidine rings is 1. The van der Waals surface area contributed by atoms with E-state index >= 15 is 0 Å². The number of hydrogen-bond acceptors (Lipinski definition) is 2. The summed E-state index contributed by atoms with van der Waals surface area (Å²) in [6.07, 6.45) is 8.31. The number of nitrogens with one attached hydrogen (secondary N) is 1. The fourth-order valence-corrected chi connectivity index (χ4v) is 3.99. The van der Waals surface area contributed by atoms with Crippen molar-refractivity contribution in [3.8, 4) is 0 Å². The SMILES string of the molecule is CN1CCCC(CNC2CC2)C1c1ccc(C2CC2)cc1. The van der Waals surface area contributed by atoms with Crippen molar-refractivity contribution in [2.45, 2.75) is 56.5 Å². The first-order valence-electron chi connectivity index (χ1n) is 8.85. The zero-order chi connectivity index (χ0) is 14.2. The summed E-state index contributed by atoms with van der Waals surface area (Å²) in [5.74, 6) is 1.64. The molecule has 2 unspecified atom stereocenters. The number of hydrogen-bond donors (Lipinski definition) is 1. The first kappa shape index (κ1) is 13.8. The molecule has 21 heavy (non-hydrogen) atoms. The molecule has 114 valence electrons. The number of nitrogens with zero attached hydrogens (tertiary/aromatic N) is 1. The van der Waals surface area contributed by atoms with Crippen molar-refractivity contribution in [2.75, 3.05) is 20.1 Å². The highest BCUT2D eigenvalue weighted by Crippen LogP contribution is 2.41. The van der Waals surface area contributed by atoms with Gasteiger partial charge in [-0.25, -0.2) is 0 Å². The molecule has 3 fully saturated rings. The van der Waals surface area contributed by atoms with Crippen LogP contribution in [0.25, 0.3) is 0 Å². The summed E-state index contributed by atoms with van der Waals surface area (Å²) in [5.41, 5.74) is 3.09. The first-order chi connectivity index (χ1) is 10.3. The predicted molar refractivity (Wildman–Crippen MR) is 87.5 cm³/mol. The van der Waals surface area contributed by atoms with Gasteiger partial charge in [0, 0.05) is 18.6 Å². The van der Waals surface area contributed by atoms with Crippen LogP contribution >= 0.6 is 0 Å². The molecule has 0 radical (unpaired) electrons. The second-order valence-corrected chi connectivity index (χ2v) is 7.45. The molecule has 2 saturated carbocycles. The molecule has 3 aliphatic rings. The van der Waals surface area contributed by atoms with Crippen LogP contribution in [0.3, 0.4) is 0 Å². The van der Waals surface area contributed by atoms with Gasteiger partial charge >= 0.3 is 0 Å². The van der Waals surface area contributed by atoms with Crippen molar-refractivity contribution in [1.82, 2.24) is 10.2 Å². The smallest absolute Gasteiger partial charge is 0.0385 e. The Kier molecular flexibility index (Phi) is 3.76. The molecule has 1 aliphatic heterocycles. The molecule has 4 rings (SSSR count). The minimum absolute atomic E-state index is 0.609. The van der Waals surface area contributed by atoms with Crippen molar-refractivity contribution in [3.63, 3.8) is 0 Å². The fourth-order valence-electron chi connectivity index (χ4n) is 3.99. The first-order valence-corrected chi connectivity index (χ1v) is 8.85. The maximum Gasteiger partial charge on any atom is 0.0385 e. The molecule has 1 heterocycles. The van der Waals surface area contributed by atoms with Gasteiger partial charge in [0.25, 0.3) is 0 Å². The topological polar surface area (TPSA) is 15.3 Å². The Hall–Kier alpha value is -0.860. The van der Waals surface area contributed by atoms with E-state index in [1.54, 1.807) is 5.56 Å². The van der Waals surface area contributed by atoms with Gasteiger partial charge in [-0.1, -0.05) is 24.3 Å². The summed E-state index contributed by atoms with van der Waals surface area (Å²) in [6, 6.07) is 11.0. The Morgan fingerprint density at radius 1 is 1.00 bits per heavy atom. The standard InChI is InChI=1S/C19H28N2/c1-21-12-2-3-17(13-20-18-10-11-18)19(21)16-8-6-15(7-9-16)14-4-5-14/h6-9,14,17-20H,2-5,10-13H2,1H3. The van der Waals surface area contributed by atoms with Crippen LogP contribution in [0.5, 0.6) is 0 Å². The van der Waals surface area contributed by atoms with Crippen molar-refractivity contribution < 1.29 is 0 Å². The molecule has 1 N–H and O–H groups in total. The van der Waals surface area contributed by atoms with Gasteiger partial charge in [0.15, 0.2) is 0 Å². The van der Waals surface area contributed by atoms with Gasteiger partial charge in [0.05, 0.1) is 0 Å². The highest BCUT2D eigenvalue weighted by molar-refractivity contribution is 5.30. The van der Waals surface area contributed by atoms with E-state index in [1.807, 2.05) is 0 Å². The Morgan fingerprint density at radius 2 is 1.71 bits per heavy atom. The summed E-state index contributed by atoms with van der Waals surface area (Å²) < 4.78 is 0. The third-order valence-corrected chi connectivity index (χ3v) is 5.58. The summed E-state index contributed by atoms with van der Waals surface area (Å²) in [5, 5.41) is 3.76. The van der Waals surface area contributed by atoms with Crippen LogP contribution in [-0.2, 0) is 0 Å². The fraction of sp³-hybridized carbons (Fsp3) is 0.684. The third kappa shape index (κ3) is 3.17. The second-order valence-electron chi connectivity index (χ2n) is 7.45. The molecule has 2 atom stereocenters. The van der Waals surface area contributed by atoms with E-state index in [0.717, 1.165) is 17.9 Å². The van der Waals surface area contributed by atoms with E-state index in [0.29, 0.717) is 6.04 Å². The van der Waals surface area contributed by atoms with Crippen LogP contribution in [0.15, 0.2) is 24.3 Å². The van der Waals surface area contributed by atoms with Crippen molar-refractivity contribution >= 4 is 0 Å². The molecule has 0 bridgehead atoms. The van der Waals surface area contributed by atoms with E-state index in [4.69, 9.17) is 0 Å². The van der Waals surface area contributed by atoms with Gasteiger partial charge in [-0.2, -0.15) is 0 Å². The third-order valence-electron chi connectivity index (χ3n) is 5.58. The quantitative estimate of drug-likeness (QED) is 0.887. The van der Waals surface area contributed by atoms with Gasteiger partial charge in [-0.05, 0) is 75.1 Å². The van der Waals surface area contributed by atoms with Crippen molar-refractivity contribution in [2.24, 2.45) is 5.92 Å². The van der Waals surface area contributed by atoms with Crippen molar-refractivity contribution in [3.05, 3.63) is 35.4 Å². The zero-order valence-electron chi connectivity index (χ0n) is 13.2. The molecule has 2 nitrogen and oxygen atoms in total. The van der Waals surface area contributed by atoms with E-state index in [2.05, 4.69) is 41.5 Å². The van der Waals surface area contributed by atoms with Gasteiger partial charge in [0.2, 0.25) is 0 Å². The number of likely N-dealkylation sites (tertiary alicyclic amines) is 1. The Labute approximate surface area is 128 Å². The second kappa shape index (κ2) is 5.73. The van der Waals surface area contributed by atoms with E-state index < -0.39 is 0 Å². The molecular formula is C19H28N2. The Balaban J connectivity index is 1.49. The minimum atomic E-state index is 0.609. The van der Waals surface area contributed by atoms with Gasteiger partial charge < -0.3 is 5.32 Å². The van der Waals surface area contributed by atoms with Crippen LogP contribution in [0.4, 0.5) is 0 Å². The number of benzene rings is 1. The van der Waals surface area contributed by atoms with Gasteiger partial charge in [-0.3, -0.25) is 4.90 Å². The zero-order valence-corrected chi connectivity index (χ0v) is 13.2. The van der Waals surface area contributed by atoms with Crippen LogP contribution in [0.2, 0.25) is 0 Å². The lowest BCUT2D eigenvalue weighted by Crippen LogP contribution is -2.40. The molecule has 2 aliphatic carbocycles. The molecule has 1 aromatic carbocycles. The number of rotatable bonds is 5. The largest absolute Gasteiger partial charge is 0.314 e. The van der Waals surface area contributed by atoms with Crippen LogP contribution < -0.4 is 5.32 Å². The molecule has 0 amide bonds. The highest BCUT2D eigenvalue weighted by atomic mass is 15.1. The van der Waals surface area contributed by atoms with Crippen LogP contribution in [-0.4, -0.2) is 31.1 Å². The molecule has 2 heteroatoms. The van der Waals surface area contributed by atoms with E-state index in [9.17, 15) is 0 Å². The summed E-state index contributed by atoms with van der Waals surface area (Å²) in [6.45, 7) is 2.44. The average molecular weight is 284 g/mol. The van der Waals surface area contributed by atoms with Crippen molar-refractivity contribution in [1.29, 1.82) is 0 Å². The summed E-state index contributed by atoms with van der Waals surface area (Å²) in [4.78, 5) is 2.58. The lowest BCUT2D eigenvalue weighted by molar-refractivity contribution is 0.119. The maximum atomic E-state index is 3.76. The minimum Gasteiger partial charge on any atom is -0.314 e. The molecule has 1 aromatic rings. The molecule has 1 saturated heterocycles. The normalized spacial score (nSPS) is 30.5. The molecule has 0 spiro atoms.